The Balaban J connectivity index is 1.44. The molecule has 1 aliphatic rings. The summed E-state index contributed by atoms with van der Waals surface area (Å²) < 4.78 is 6.95. The van der Waals surface area contributed by atoms with Gasteiger partial charge in [-0.2, -0.15) is 5.10 Å². The van der Waals surface area contributed by atoms with Crippen LogP contribution >= 0.6 is 0 Å². The van der Waals surface area contributed by atoms with Crippen LogP contribution in [0.4, 0.5) is 0 Å². The smallest absolute Gasteiger partial charge is 0.244 e. The average Bonchev–Trinajstić information content (AvgIpc) is 3.22. The molecule has 0 spiro atoms. The molecule has 4 rings (SSSR count). The maximum absolute atomic E-state index is 13.0. The minimum atomic E-state index is 0.0690. The molecule has 7 nitrogen and oxygen atoms in total. The van der Waals surface area contributed by atoms with E-state index in [1.54, 1.807) is 19.5 Å². The van der Waals surface area contributed by atoms with E-state index >= 15 is 0 Å². The standard InChI is InChI=1S/C24H27N5O2/c1-4-20-13-22(19-7-5-6-17(2)12-19)27-29(20)16-23(30)28-10-8-18(9-11-28)24-25-14-21(31-3)15-26-24/h5-8,12-15H,4,9-11,16H2,1-3H3. The molecule has 0 saturated carbocycles. The Morgan fingerprint density at radius 2 is 2.00 bits per heavy atom. The van der Waals surface area contributed by atoms with Gasteiger partial charge in [-0.25, -0.2) is 9.97 Å². The number of aryl methyl sites for hydroxylation is 2. The number of hydrogen-bond acceptors (Lipinski definition) is 5. The normalized spacial score (nSPS) is 13.8. The number of amides is 1. The van der Waals surface area contributed by atoms with E-state index in [0.717, 1.165) is 35.4 Å². The lowest BCUT2D eigenvalue weighted by molar-refractivity contribution is -0.131. The van der Waals surface area contributed by atoms with Crippen LogP contribution in [-0.4, -0.2) is 50.8 Å². The molecule has 0 fully saturated rings. The fourth-order valence-corrected chi connectivity index (χ4v) is 3.74. The number of nitrogens with zero attached hydrogens (tertiary/aromatic N) is 5. The topological polar surface area (TPSA) is 73.1 Å². The van der Waals surface area contributed by atoms with Crippen LogP contribution < -0.4 is 4.74 Å². The summed E-state index contributed by atoms with van der Waals surface area (Å²) in [5.74, 6) is 1.39. The van der Waals surface area contributed by atoms with Gasteiger partial charge >= 0.3 is 0 Å². The zero-order valence-electron chi connectivity index (χ0n) is 18.2. The van der Waals surface area contributed by atoms with Crippen LogP contribution in [0.5, 0.6) is 5.75 Å². The van der Waals surface area contributed by atoms with Crippen molar-refractivity contribution in [3.8, 4) is 17.0 Å². The Kier molecular flexibility index (Phi) is 6.11. The quantitative estimate of drug-likeness (QED) is 0.613. The third-order valence-electron chi connectivity index (χ3n) is 5.54. The minimum Gasteiger partial charge on any atom is -0.494 e. The molecule has 0 saturated heterocycles. The summed E-state index contributed by atoms with van der Waals surface area (Å²) in [6.45, 7) is 5.60. The molecule has 0 N–H and O–H groups in total. The van der Waals surface area contributed by atoms with E-state index in [9.17, 15) is 4.79 Å². The molecule has 3 heterocycles. The van der Waals surface area contributed by atoms with Gasteiger partial charge < -0.3 is 9.64 Å². The first-order chi connectivity index (χ1) is 15.1. The van der Waals surface area contributed by atoms with Gasteiger partial charge in [0.15, 0.2) is 11.6 Å². The van der Waals surface area contributed by atoms with Crippen molar-refractivity contribution in [1.82, 2.24) is 24.6 Å². The van der Waals surface area contributed by atoms with Crippen molar-refractivity contribution < 1.29 is 9.53 Å². The van der Waals surface area contributed by atoms with E-state index in [2.05, 4.69) is 48.1 Å². The number of ether oxygens (including phenoxy) is 1. The van der Waals surface area contributed by atoms with Crippen molar-refractivity contribution in [2.45, 2.75) is 33.2 Å². The summed E-state index contributed by atoms with van der Waals surface area (Å²) >= 11 is 0. The lowest BCUT2D eigenvalue weighted by Gasteiger charge is -2.26. The van der Waals surface area contributed by atoms with Gasteiger partial charge in [-0.05, 0) is 37.5 Å². The number of hydrogen-bond donors (Lipinski definition) is 0. The van der Waals surface area contributed by atoms with Crippen molar-refractivity contribution in [1.29, 1.82) is 0 Å². The highest BCUT2D eigenvalue weighted by Crippen LogP contribution is 2.22. The molecule has 160 valence electrons. The molecule has 1 aromatic carbocycles. The van der Waals surface area contributed by atoms with Gasteiger partial charge in [0.1, 0.15) is 6.54 Å². The number of rotatable bonds is 6. The van der Waals surface area contributed by atoms with Crippen LogP contribution in [0.25, 0.3) is 16.8 Å². The molecule has 31 heavy (non-hydrogen) atoms. The SMILES string of the molecule is CCc1cc(-c2cccc(C)c2)nn1CC(=O)N1CC=C(c2ncc(OC)cn2)CC1. The molecule has 7 heteroatoms. The molecule has 0 atom stereocenters. The third kappa shape index (κ3) is 4.66. The first-order valence-corrected chi connectivity index (χ1v) is 10.5. The third-order valence-corrected chi connectivity index (χ3v) is 5.54. The van der Waals surface area contributed by atoms with E-state index in [1.165, 1.54) is 5.56 Å². The molecule has 1 amide bonds. The second-order valence-corrected chi connectivity index (χ2v) is 7.67. The molecule has 0 bridgehead atoms. The maximum Gasteiger partial charge on any atom is 0.244 e. The highest BCUT2D eigenvalue weighted by atomic mass is 16.5. The van der Waals surface area contributed by atoms with E-state index in [1.807, 2.05) is 21.7 Å². The van der Waals surface area contributed by atoms with Gasteiger partial charge in [0, 0.05) is 24.3 Å². The maximum atomic E-state index is 13.0. The summed E-state index contributed by atoms with van der Waals surface area (Å²) in [6.07, 6.45) is 6.91. The summed E-state index contributed by atoms with van der Waals surface area (Å²) in [5.41, 5.74) is 5.29. The van der Waals surface area contributed by atoms with E-state index in [4.69, 9.17) is 9.84 Å². The second-order valence-electron chi connectivity index (χ2n) is 7.67. The van der Waals surface area contributed by atoms with Crippen molar-refractivity contribution in [2.24, 2.45) is 0 Å². The van der Waals surface area contributed by atoms with Gasteiger partial charge in [-0.1, -0.05) is 36.8 Å². The summed E-state index contributed by atoms with van der Waals surface area (Å²) in [6, 6.07) is 10.4. The van der Waals surface area contributed by atoms with Crippen molar-refractivity contribution in [2.75, 3.05) is 20.2 Å². The monoisotopic (exact) mass is 417 g/mol. The van der Waals surface area contributed by atoms with Crippen LogP contribution in [0.15, 0.2) is 48.8 Å². The highest BCUT2D eigenvalue weighted by Gasteiger charge is 2.21. The number of carbonyl (C=O) groups is 1. The zero-order chi connectivity index (χ0) is 21.8. The summed E-state index contributed by atoms with van der Waals surface area (Å²) in [4.78, 5) is 23.5. The number of aromatic nitrogens is 4. The molecule has 0 aliphatic carbocycles. The van der Waals surface area contributed by atoms with Crippen molar-refractivity contribution >= 4 is 11.5 Å². The highest BCUT2D eigenvalue weighted by molar-refractivity contribution is 5.78. The van der Waals surface area contributed by atoms with Crippen LogP contribution in [0.2, 0.25) is 0 Å². The van der Waals surface area contributed by atoms with Crippen molar-refractivity contribution in [3.63, 3.8) is 0 Å². The Morgan fingerprint density at radius 3 is 2.65 bits per heavy atom. The van der Waals surface area contributed by atoms with Gasteiger partial charge in [0.05, 0.1) is 25.2 Å². The van der Waals surface area contributed by atoms with Gasteiger partial charge in [-0.15, -0.1) is 0 Å². The Morgan fingerprint density at radius 1 is 1.19 bits per heavy atom. The van der Waals surface area contributed by atoms with E-state index in [0.29, 0.717) is 24.7 Å². The van der Waals surface area contributed by atoms with Gasteiger partial charge in [0.25, 0.3) is 0 Å². The Bertz CT molecular complexity index is 1100. The molecule has 0 radical (unpaired) electrons. The Labute approximate surface area is 182 Å². The minimum absolute atomic E-state index is 0.0690. The fourth-order valence-electron chi connectivity index (χ4n) is 3.74. The number of methoxy groups -OCH3 is 1. The van der Waals surface area contributed by atoms with Crippen LogP contribution in [-0.2, 0) is 17.8 Å². The van der Waals surface area contributed by atoms with Gasteiger partial charge in [-0.3, -0.25) is 9.48 Å². The molecule has 2 aromatic heterocycles. The average molecular weight is 418 g/mol. The van der Waals surface area contributed by atoms with Crippen LogP contribution in [0.1, 0.15) is 30.4 Å². The second kappa shape index (κ2) is 9.12. The molecule has 0 unspecified atom stereocenters. The Hall–Kier alpha value is -3.48. The predicted octanol–water partition coefficient (Wildman–Crippen LogP) is 3.54. The van der Waals surface area contributed by atoms with Crippen LogP contribution in [0.3, 0.4) is 0 Å². The number of benzene rings is 1. The number of carbonyl (C=O) groups excluding carboxylic acids is 1. The van der Waals surface area contributed by atoms with Gasteiger partial charge in [0.2, 0.25) is 5.91 Å². The summed E-state index contributed by atoms with van der Waals surface area (Å²) in [5, 5.41) is 4.73. The molecule has 1 aliphatic heterocycles. The van der Waals surface area contributed by atoms with Crippen molar-refractivity contribution in [3.05, 3.63) is 65.9 Å². The lowest BCUT2D eigenvalue weighted by atomic mass is 10.1. The molecular weight excluding hydrogens is 390 g/mol. The fraction of sp³-hybridized carbons (Fsp3) is 0.333. The van der Waals surface area contributed by atoms with E-state index < -0.39 is 0 Å². The molecule has 3 aromatic rings. The lowest BCUT2D eigenvalue weighted by Crippen LogP contribution is -2.37. The molecular formula is C24H27N5O2. The predicted molar refractivity (Wildman–Crippen MR) is 120 cm³/mol. The first-order valence-electron chi connectivity index (χ1n) is 10.5. The largest absolute Gasteiger partial charge is 0.494 e. The summed E-state index contributed by atoms with van der Waals surface area (Å²) in [7, 11) is 1.59. The van der Waals surface area contributed by atoms with E-state index in [-0.39, 0.29) is 12.5 Å². The first kappa shape index (κ1) is 20.8. The van der Waals surface area contributed by atoms with Crippen LogP contribution in [0, 0.1) is 6.92 Å². The zero-order valence-corrected chi connectivity index (χ0v) is 18.2.